The molecule has 98 valence electrons. The van der Waals surface area contributed by atoms with E-state index in [1.807, 2.05) is 35.2 Å². The zero-order valence-corrected chi connectivity index (χ0v) is 11.1. The van der Waals surface area contributed by atoms with E-state index >= 15 is 0 Å². The molecule has 1 aromatic rings. The van der Waals surface area contributed by atoms with Crippen molar-refractivity contribution in [3.8, 4) is 5.75 Å². The number of alkyl halides is 1. The Bertz CT molecular complexity index is 375. The highest BCUT2D eigenvalue weighted by Gasteiger charge is 2.20. The Morgan fingerprint density at radius 2 is 1.94 bits per heavy atom. The summed E-state index contributed by atoms with van der Waals surface area (Å²) in [5.74, 6) is 0.972. The highest BCUT2D eigenvalue weighted by molar-refractivity contribution is 6.20. The van der Waals surface area contributed by atoms with Crippen molar-refractivity contribution in [1.29, 1.82) is 0 Å². The van der Waals surface area contributed by atoms with Gasteiger partial charge in [-0.05, 0) is 25.0 Å². The summed E-state index contributed by atoms with van der Waals surface area (Å²) in [5, 5.41) is 0.231. The number of carbonyl (C=O) groups excluding carboxylic acids is 1. The van der Waals surface area contributed by atoms with E-state index in [9.17, 15) is 4.79 Å². The summed E-state index contributed by atoms with van der Waals surface area (Å²) in [7, 11) is 0. The monoisotopic (exact) mass is 267 g/mol. The fourth-order valence-corrected chi connectivity index (χ4v) is 2.22. The number of carbonyl (C=O) groups is 1. The van der Waals surface area contributed by atoms with Crippen LogP contribution in [0.4, 0.5) is 0 Å². The molecular formula is C14H18ClNO2. The second-order valence-corrected chi connectivity index (χ2v) is 5.08. The van der Waals surface area contributed by atoms with E-state index in [1.54, 1.807) is 0 Å². The van der Waals surface area contributed by atoms with Crippen LogP contribution in [0.15, 0.2) is 30.3 Å². The van der Waals surface area contributed by atoms with E-state index in [2.05, 4.69) is 0 Å². The van der Waals surface area contributed by atoms with Gasteiger partial charge in [0.05, 0.1) is 13.0 Å². The van der Waals surface area contributed by atoms with Crippen LogP contribution in [0, 0.1) is 0 Å². The van der Waals surface area contributed by atoms with E-state index in [0.29, 0.717) is 13.0 Å². The third-order valence-corrected chi connectivity index (χ3v) is 3.54. The van der Waals surface area contributed by atoms with Crippen LogP contribution in [0.25, 0.3) is 0 Å². The van der Waals surface area contributed by atoms with Crippen LogP contribution in [0.1, 0.15) is 19.3 Å². The Morgan fingerprint density at radius 1 is 1.28 bits per heavy atom. The Morgan fingerprint density at radius 3 is 2.61 bits per heavy atom. The van der Waals surface area contributed by atoms with E-state index in [4.69, 9.17) is 16.3 Å². The minimum Gasteiger partial charge on any atom is -0.493 e. The van der Waals surface area contributed by atoms with Gasteiger partial charge < -0.3 is 9.64 Å². The zero-order chi connectivity index (χ0) is 12.8. The first-order valence-corrected chi connectivity index (χ1v) is 6.79. The van der Waals surface area contributed by atoms with Crippen LogP contribution in [0.5, 0.6) is 5.75 Å². The highest BCUT2D eigenvalue weighted by atomic mass is 35.5. The van der Waals surface area contributed by atoms with Crippen molar-refractivity contribution in [3.05, 3.63) is 30.3 Å². The lowest BCUT2D eigenvalue weighted by atomic mass is 10.1. The van der Waals surface area contributed by atoms with Crippen molar-refractivity contribution >= 4 is 17.5 Å². The van der Waals surface area contributed by atoms with E-state index in [0.717, 1.165) is 31.7 Å². The van der Waals surface area contributed by atoms with Crippen molar-refractivity contribution in [2.24, 2.45) is 0 Å². The van der Waals surface area contributed by atoms with Crippen molar-refractivity contribution in [1.82, 2.24) is 4.90 Å². The van der Waals surface area contributed by atoms with E-state index < -0.39 is 0 Å². The molecule has 1 amide bonds. The van der Waals surface area contributed by atoms with Gasteiger partial charge in [0.25, 0.3) is 0 Å². The molecule has 1 aliphatic rings. The Hall–Kier alpha value is -1.22. The van der Waals surface area contributed by atoms with Gasteiger partial charge in [0, 0.05) is 18.5 Å². The third kappa shape index (κ3) is 3.91. The topological polar surface area (TPSA) is 29.5 Å². The minimum absolute atomic E-state index is 0.162. The first kappa shape index (κ1) is 13.2. The number of halogens is 1. The van der Waals surface area contributed by atoms with Gasteiger partial charge in [-0.1, -0.05) is 18.2 Å². The van der Waals surface area contributed by atoms with Gasteiger partial charge in [0.15, 0.2) is 0 Å². The normalized spacial score (nSPS) is 16.6. The number of nitrogens with zero attached hydrogens (tertiary/aromatic N) is 1. The molecule has 3 nitrogen and oxygen atoms in total. The zero-order valence-electron chi connectivity index (χ0n) is 10.3. The van der Waals surface area contributed by atoms with Gasteiger partial charge >= 0.3 is 0 Å². The fraction of sp³-hybridized carbons (Fsp3) is 0.500. The summed E-state index contributed by atoms with van der Waals surface area (Å²) in [5.41, 5.74) is 0. The SMILES string of the molecule is O=C(CCOc1ccccc1)N1CCC(Cl)CC1. The fourth-order valence-electron chi connectivity index (χ4n) is 2.03. The van der Waals surface area contributed by atoms with Crippen LogP contribution in [0.2, 0.25) is 0 Å². The molecule has 0 saturated carbocycles. The van der Waals surface area contributed by atoms with Gasteiger partial charge in [0.1, 0.15) is 5.75 Å². The summed E-state index contributed by atoms with van der Waals surface area (Å²) in [6, 6.07) is 9.56. The molecule has 0 spiro atoms. The smallest absolute Gasteiger partial charge is 0.225 e. The van der Waals surface area contributed by atoms with Gasteiger partial charge in [-0.2, -0.15) is 0 Å². The maximum absolute atomic E-state index is 11.9. The third-order valence-electron chi connectivity index (χ3n) is 3.11. The summed E-state index contributed by atoms with van der Waals surface area (Å²) < 4.78 is 5.52. The van der Waals surface area contributed by atoms with Gasteiger partial charge in [-0.15, -0.1) is 11.6 Å². The molecule has 1 saturated heterocycles. The number of hydrogen-bond donors (Lipinski definition) is 0. The molecular weight excluding hydrogens is 250 g/mol. The average molecular weight is 268 g/mol. The molecule has 1 heterocycles. The molecule has 0 unspecified atom stereocenters. The predicted octanol–water partition coefficient (Wildman–Crippen LogP) is 2.69. The van der Waals surface area contributed by atoms with Crippen molar-refractivity contribution in [2.45, 2.75) is 24.6 Å². The quantitative estimate of drug-likeness (QED) is 0.785. The molecule has 0 radical (unpaired) electrons. The number of benzene rings is 1. The first-order chi connectivity index (χ1) is 8.75. The van der Waals surface area contributed by atoms with Crippen LogP contribution in [-0.2, 0) is 4.79 Å². The standard InChI is InChI=1S/C14H18ClNO2/c15-12-6-9-16(10-7-12)14(17)8-11-18-13-4-2-1-3-5-13/h1-5,12H,6-11H2. The average Bonchev–Trinajstić information content (AvgIpc) is 2.40. The van der Waals surface area contributed by atoms with Crippen molar-refractivity contribution < 1.29 is 9.53 Å². The van der Waals surface area contributed by atoms with Crippen molar-refractivity contribution in [2.75, 3.05) is 19.7 Å². The summed E-state index contributed by atoms with van der Waals surface area (Å²) in [6.45, 7) is 1.99. The summed E-state index contributed by atoms with van der Waals surface area (Å²) in [4.78, 5) is 13.8. The number of para-hydroxylation sites is 1. The molecule has 4 heteroatoms. The summed E-state index contributed by atoms with van der Waals surface area (Å²) in [6.07, 6.45) is 2.22. The number of rotatable bonds is 4. The molecule has 0 N–H and O–H groups in total. The molecule has 18 heavy (non-hydrogen) atoms. The first-order valence-electron chi connectivity index (χ1n) is 6.35. The number of ether oxygens (including phenoxy) is 1. The molecule has 0 aromatic heterocycles. The van der Waals surface area contributed by atoms with Gasteiger partial charge in [-0.25, -0.2) is 0 Å². The van der Waals surface area contributed by atoms with Crippen LogP contribution < -0.4 is 4.74 Å². The van der Waals surface area contributed by atoms with Gasteiger partial charge in [0.2, 0.25) is 5.91 Å². The number of likely N-dealkylation sites (tertiary alicyclic amines) is 1. The minimum atomic E-state index is 0.162. The highest BCUT2D eigenvalue weighted by Crippen LogP contribution is 2.16. The molecule has 0 atom stereocenters. The second kappa shape index (κ2) is 6.64. The predicted molar refractivity (Wildman–Crippen MR) is 72.0 cm³/mol. The maximum atomic E-state index is 11.9. The molecule has 2 rings (SSSR count). The van der Waals surface area contributed by atoms with E-state index in [1.165, 1.54) is 0 Å². The number of amides is 1. The lowest BCUT2D eigenvalue weighted by Crippen LogP contribution is -2.39. The maximum Gasteiger partial charge on any atom is 0.225 e. The molecule has 1 aliphatic heterocycles. The molecule has 1 fully saturated rings. The molecule has 1 aromatic carbocycles. The largest absolute Gasteiger partial charge is 0.493 e. The van der Waals surface area contributed by atoms with Crippen LogP contribution >= 0.6 is 11.6 Å². The van der Waals surface area contributed by atoms with Crippen LogP contribution in [-0.4, -0.2) is 35.9 Å². The molecule has 0 aliphatic carbocycles. The van der Waals surface area contributed by atoms with Crippen molar-refractivity contribution in [3.63, 3.8) is 0 Å². The second-order valence-electron chi connectivity index (χ2n) is 4.47. The Kier molecular flexibility index (Phi) is 4.88. The van der Waals surface area contributed by atoms with Crippen LogP contribution in [0.3, 0.4) is 0 Å². The lowest BCUT2D eigenvalue weighted by Gasteiger charge is -2.29. The summed E-state index contributed by atoms with van der Waals surface area (Å²) >= 11 is 6.01. The Labute approximate surface area is 113 Å². The molecule has 0 bridgehead atoms. The van der Waals surface area contributed by atoms with Gasteiger partial charge in [-0.3, -0.25) is 4.79 Å². The Balaban J connectivity index is 1.69. The lowest BCUT2D eigenvalue weighted by molar-refractivity contribution is -0.132. The number of hydrogen-bond acceptors (Lipinski definition) is 2. The number of piperidine rings is 1. The van der Waals surface area contributed by atoms with E-state index in [-0.39, 0.29) is 11.3 Å².